The van der Waals surface area contributed by atoms with Crippen molar-refractivity contribution < 1.29 is 9.90 Å². The van der Waals surface area contributed by atoms with Crippen LogP contribution in [0.25, 0.3) is 0 Å². The topological polar surface area (TPSA) is 78.4 Å². The molecule has 0 radical (unpaired) electrons. The fraction of sp³-hybridized carbons (Fsp3) is 0.450. The number of benzene rings is 1. The first-order valence-electron chi connectivity index (χ1n) is 9.26. The van der Waals surface area contributed by atoms with Gasteiger partial charge in [0.15, 0.2) is 0 Å². The summed E-state index contributed by atoms with van der Waals surface area (Å²) in [4.78, 5) is 22.9. The number of aliphatic hydroxyl groups is 1. The lowest BCUT2D eigenvalue weighted by molar-refractivity contribution is 0.0575. The van der Waals surface area contributed by atoms with Gasteiger partial charge in [0.25, 0.3) is 5.91 Å². The standard InChI is InChI=1S/C20H24N4O2/c25-19(17-6-5-15-3-1-2-4-16(15)11-17)23-13-20(26)7-10-24(14-20)18-12-21-8-9-22-18/h5-6,8-9,11-12,26H,1-4,7,10,13-14H2,(H,23,25). The van der Waals surface area contributed by atoms with Crippen LogP contribution in [0.3, 0.4) is 0 Å². The van der Waals surface area contributed by atoms with Crippen LogP contribution in [0.1, 0.15) is 40.7 Å². The van der Waals surface area contributed by atoms with Gasteiger partial charge in [-0.3, -0.25) is 9.78 Å². The van der Waals surface area contributed by atoms with Gasteiger partial charge in [0.1, 0.15) is 11.4 Å². The van der Waals surface area contributed by atoms with Crippen LogP contribution in [0.4, 0.5) is 5.82 Å². The zero-order valence-corrected chi connectivity index (χ0v) is 14.8. The van der Waals surface area contributed by atoms with Crippen LogP contribution in [0, 0.1) is 0 Å². The molecule has 2 aromatic rings. The smallest absolute Gasteiger partial charge is 0.251 e. The lowest BCUT2D eigenvalue weighted by atomic mass is 9.90. The lowest BCUT2D eigenvalue weighted by Crippen LogP contribution is -2.45. The Labute approximate surface area is 153 Å². The largest absolute Gasteiger partial charge is 0.386 e. The summed E-state index contributed by atoms with van der Waals surface area (Å²) in [5, 5.41) is 13.7. The highest BCUT2D eigenvalue weighted by Crippen LogP contribution is 2.25. The van der Waals surface area contributed by atoms with Crippen LogP contribution < -0.4 is 10.2 Å². The lowest BCUT2D eigenvalue weighted by Gasteiger charge is -2.24. The molecule has 1 atom stereocenters. The van der Waals surface area contributed by atoms with Crippen LogP contribution in [-0.4, -0.2) is 46.2 Å². The number of rotatable bonds is 4. The van der Waals surface area contributed by atoms with Gasteiger partial charge < -0.3 is 15.3 Å². The van der Waals surface area contributed by atoms with Crippen molar-refractivity contribution in [3.8, 4) is 0 Å². The fourth-order valence-electron chi connectivity index (χ4n) is 3.87. The van der Waals surface area contributed by atoms with Crippen molar-refractivity contribution in [1.82, 2.24) is 15.3 Å². The molecule has 1 fully saturated rings. The van der Waals surface area contributed by atoms with Crippen molar-refractivity contribution in [2.45, 2.75) is 37.7 Å². The third-order valence-electron chi connectivity index (χ3n) is 5.39. The van der Waals surface area contributed by atoms with E-state index in [1.807, 2.05) is 17.0 Å². The summed E-state index contributed by atoms with van der Waals surface area (Å²) in [5.74, 6) is 0.634. The van der Waals surface area contributed by atoms with E-state index in [1.165, 1.54) is 24.0 Å². The molecule has 1 saturated heterocycles. The Balaban J connectivity index is 1.37. The monoisotopic (exact) mass is 352 g/mol. The highest BCUT2D eigenvalue weighted by molar-refractivity contribution is 5.94. The van der Waals surface area contributed by atoms with Crippen LogP contribution >= 0.6 is 0 Å². The maximum absolute atomic E-state index is 12.5. The van der Waals surface area contributed by atoms with Crippen LogP contribution in [-0.2, 0) is 12.8 Å². The number of carbonyl (C=O) groups is 1. The van der Waals surface area contributed by atoms with Gasteiger partial charge in [0.05, 0.1) is 6.20 Å². The first-order chi connectivity index (χ1) is 12.6. The molecule has 6 heteroatoms. The van der Waals surface area contributed by atoms with Gasteiger partial charge in [-0.1, -0.05) is 6.07 Å². The first kappa shape index (κ1) is 17.0. The molecule has 1 unspecified atom stereocenters. The Kier molecular flexibility index (Phi) is 4.59. The second-order valence-electron chi connectivity index (χ2n) is 7.33. The van der Waals surface area contributed by atoms with E-state index >= 15 is 0 Å². The van der Waals surface area contributed by atoms with Gasteiger partial charge >= 0.3 is 0 Å². The maximum atomic E-state index is 12.5. The Morgan fingerprint density at radius 3 is 2.88 bits per heavy atom. The van der Waals surface area contributed by atoms with Gasteiger partial charge in [-0.25, -0.2) is 4.98 Å². The van der Waals surface area contributed by atoms with Crippen LogP contribution in [0.2, 0.25) is 0 Å². The Morgan fingerprint density at radius 2 is 2.08 bits per heavy atom. The minimum Gasteiger partial charge on any atom is -0.386 e. The molecular weight excluding hydrogens is 328 g/mol. The maximum Gasteiger partial charge on any atom is 0.251 e. The summed E-state index contributed by atoms with van der Waals surface area (Å²) in [7, 11) is 0. The molecule has 1 aromatic heterocycles. The second-order valence-corrected chi connectivity index (χ2v) is 7.33. The van der Waals surface area contributed by atoms with E-state index in [2.05, 4.69) is 21.4 Å². The Bertz CT molecular complexity index is 796. The second kappa shape index (κ2) is 7.03. The van der Waals surface area contributed by atoms with E-state index in [4.69, 9.17) is 0 Å². The van der Waals surface area contributed by atoms with Crippen LogP contribution in [0.5, 0.6) is 0 Å². The molecule has 6 nitrogen and oxygen atoms in total. The predicted octanol–water partition coefficient (Wildman–Crippen LogP) is 1.73. The highest BCUT2D eigenvalue weighted by atomic mass is 16.3. The Morgan fingerprint density at radius 1 is 1.23 bits per heavy atom. The molecule has 1 aliphatic carbocycles. The molecule has 4 rings (SSSR count). The minimum absolute atomic E-state index is 0.121. The molecule has 1 aromatic carbocycles. The number of aryl methyl sites for hydroxylation is 2. The SMILES string of the molecule is O=C(NCC1(O)CCN(c2cnccn2)C1)c1ccc2c(c1)CCCC2. The van der Waals surface area contributed by atoms with Crippen molar-refractivity contribution >= 4 is 11.7 Å². The molecule has 26 heavy (non-hydrogen) atoms. The Hall–Kier alpha value is -2.47. The van der Waals surface area contributed by atoms with Gasteiger partial charge in [-0.05, 0) is 55.4 Å². The number of β-amino-alcohol motifs (C(OH)–C–C–N with tert-alkyl or cyclic N) is 1. The third-order valence-corrected chi connectivity index (χ3v) is 5.39. The minimum atomic E-state index is -0.943. The van der Waals surface area contributed by atoms with Gasteiger partial charge in [0.2, 0.25) is 0 Å². The molecule has 1 aliphatic heterocycles. The van der Waals surface area contributed by atoms with Crippen molar-refractivity contribution in [2.75, 3.05) is 24.5 Å². The predicted molar refractivity (Wildman–Crippen MR) is 99.2 cm³/mol. The number of fused-ring (bicyclic) bond motifs is 1. The normalized spacial score (nSPS) is 22.1. The zero-order chi connectivity index (χ0) is 18.0. The zero-order valence-electron chi connectivity index (χ0n) is 14.8. The molecule has 2 heterocycles. The molecule has 0 saturated carbocycles. The summed E-state index contributed by atoms with van der Waals surface area (Å²) >= 11 is 0. The van der Waals surface area contributed by atoms with Gasteiger partial charge in [-0.2, -0.15) is 0 Å². The van der Waals surface area contributed by atoms with Crippen molar-refractivity contribution in [1.29, 1.82) is 0 Å². The number of hydrogen-bond acceptors (Lipinski definition) is 5. The van der Waals surface area contributed by atoms with Crippen LogP contribution in [0.15, 0.2) is 36.8 Å². The summed E-state index contributed by atoms with van der Waals surface area (Å²) in [6.07, 6.45) is 10.1. The number of anilines is 1. The molecular formula is C20H24N4O2. The summed E-state index contributed by atoms with van der Waals surface area (Å²) in [6.45, 7) is 1.37. The van der Waals surface area contributed by atoms with Gasteiger partial charge in [-0.15, -0.1) is 0 Å². The van der Waals surface area contributed by atoms with Gasteiger partial charge in [0, 0.05) is 37.6 Å². The van der Waals surface area contributed by atoms with Crippen molar-refractivity contribution in [3.05, 3.63) is 53.5 Å². The number of nitrogens with one attached hydrogen (secondary N) is 1. The van der Waals surface area contributed by atoms with E-state index in [0.29, 0.717) is 25.1 Å². The van der Waals surface area contributed by atoms with E-state index in [1.54, 1.807) is 18.6 Å². The third kappa shape index (κ3) is 3.55. The molecule has 0 spiro atoms. The molecule has 2 N–H and O–H groups in total. The summed E-state index contributed by atoms with van der Waals surface area (Å²) in [5.41, 5.74) is 2.39. The number of hydrogen-bond donors (Lipinski definition) is 2. The highest BCUT2D eigenvalue weighted by Gasteiger charge is 2.37. The summed E-state index contributed by atoms with van der Waals surface area (Å²) in [6, 6.07) is 5.97. The fourth-order valence-corrected chi connectivity index (χ4v) is 3.87. The molecule has 136 valence electrons. The number of carbonyl (C=O) groups excluding carboxylic acids is 1. The number of amides is 1. The van der Waals surface area contributed by atoms with E-state index in [-0.39, 0.29) is 12.5 Å². The molecule has 1 amide bonds. The summed E-state index contributed by atoms with van der Waals surface area (Å²) < 4.78 is 0. The quantitative estimate of drug-likeness (QED) is 0.876. The number of aromatic nitrogens is 2. The molecule has 2 aliphatic rings. The van der Waals surface area contributed by atoms with Crippen molar-refractivity contribution in [2.24, 2.45) is 0 Å². The molecule has 0 bridgehead atoms. The average molecular weight is 352 g/mol. The van der Waals surface area contributed by atoms with E-state index < -0.39 is 5.60 Å². The van der Waals surface area contributed by atoms with E-state index in [0.717, 1.165) is 18.7 Å². The number of nitrogens with zero attached hydrogens (tertiary/aromatic N) is 3. The average Bonchev–Trinajstić information content (AvgIpc) is 3.09. The van der Waals surface area contributed by atoms with Crippen molar-refractivity contribution in [3.63, 3.8) is 0 Å². The van der Waals surface area contributed by atoms with E-state index in [9.17, 15) is 9.90 Å². The first-order valence-corrected chi connectivity index (χ1v) is 9.26.